The predicted molar refractivity (Wildman–Crippen MR) is 63.5 cm³/mol. The minimum Gasteiger partial charge on any atom is -0.347 e. The summed E-state index contributed by atoms with van der Waals surface area (Å²) in [5.41, 5.74) is -0.212. The second kappa shape index (κ2) is 5.76. The highest BCUT2D eigenvalue weighted by Gasteiger charge is 2.46. The summed E-state index contributed by atoms with van der Waals surface area (Å²) in [5, 5.41) is 2.33. The van der Waals surface area contributed by atoms with E-state index in [4.69, 9.17) is 0 Å². The zero-order chi connectivity index (χ0) is 14.8. The number of pyridine rings is 1. The first-order chi connectivity index (χ1) is 9.38. The molecule has 1 aromatic heterocycles. The number of alkyl halides is 3. The molecular formula is C13H14F4N2O. The molecule has 0 radical (unpaired) electrons. The summed E-state index contributed by atoms with van der Waals surface area (Å²) in [6, 6.07) is 2.65. The van der Waals surface area contributed by atoms with Gasteiger partial charge in [-0.05, 0) is 25.0 Å². The van der Waals surface area contributed by atoms with Gasteiger partial charge in [-0.2, -0.15) is 17.6 Å². The van der Waals surface area contributed by atoms with Gasteiger partial charge < -0.3 is 5.32 Å². The Morgan fingerprint density at radius 3 is 2.60 bits per heavy atom. The van der Waals surface area contributed by atoms with Gasteiger partial charge in [0.2, 0.25) is 5.95 Å². The number of carbonyl (C=O) groups excluding carboxylic acids is 1. The molecular weight excluding hydrogens is 276 g/mol. The molecule has 3 nitrogen and oxygen atoms in total. The van der Waals surface area contributed by atoms with Crippen molar-refractivity contribution in [1.82, 2.24) is 10.3 Å². The fraction of sp³-hybridized carbons (Fsp3) is 0.538. The maximum Gasteiger partial charge on any atom is 0.393 e. The summed E-state index contributed by atoms with van der Waals surface area (Å²) in [7, 11) is 0. The summed E-state index contributed by atoms with van der Waals surface area (Å²) in [6.45, 7) is 0. The molecule has 1 amide bonds. The highest BCUT2D eigenvalue weighted by atomic mass is 19.4. The average molecular weight is 290 g/mol. The number of halogens is 4. The van der Waals surface area contributed by atoms with Crippen molar-refractivity contribution >= 4 is 5.91 Å². The maximum atomic E-state index is 12.9. The topological polar surface area (TPSA) is 42.0 Å². The smallest absolute Gasteiger partial charge is 0.347 e. The lowest BCUT2D eigenvalue weighted by Gasteiger charge is -2.33. The van der Waals surface area contributed by atoms with Crippen LogP contribution in [0.1, 0.15) is 36.2 Å². The molecule has 2 atom stereocenters. The van der Waals surface area contributed by atoms with Gasteiger partial charge in [0, 0.05) is 6.04 Å². The van der Waals surface area contributed by atoms with Gasteiger partial charge in [-0.25, -0.2) is 4.98 Å². The second-order valence-corrected chi connectivity index (χ2v) is 4.86. The van der Waals surface area contributed by atoms with Gasteiger partial charge >= 0.3 is 6.18 Å². The lowest BCUT2D eigenvalue weighted by molar-refractivity contribution is -0.187. The molecule has 1 aromatic rings. The van der Waals surface area contributed by atoms with E-state index in [1.54, 1.807) is 0 Å². The van der Waals surface area contributed by atoms with Crippen LogP contribution in [-0.2, 0) is 0 Å². The number of rotatable bonds is 2. The van der Waals surface area contributed by atoms with Crippen molar-refractivity contribution in [3.63, 3.8) is 0 Å². The van der Waals surface area contributed by atoms with E-state index in [0.717, 1.165) is 6.07 Å². The van der Waals surface area contributed by atoms with Crippen LogP contribution in [0, 0.1) is 11.9 Å². The van der Waals surface area contributed by atoms with Crippen LogP contribution in [0.5, 0.6) is 0 Å². The molecule has 20 heavy (non-hydrogen) atoms. The minimum atomic E-state index is -4.34. The van der Waals surface area contributed by atoms with E-state index >= 15 is 0 Å². The van der Waals surface area contributed by atoms with E-state index < -0.39 is 30.0 Å². The van der Waals surface area contributed by atoms with Crippen molar-refractivity contribution in [1.29, 1.82) is 0 Å². The minimum absolute atomic E-state index is 0.00499. The normalized spacial score (nSPS) is 23.4. The molecule has 1 fully saturated rings. The van der Waals surface area contributed by atoms with Gasteiger partial charge in [0.25, 0.3) is 5.91 Å². The van der Waals surface area contributed by atoms with E-state index in [0.29, 0.717) is 12.8 Å². The van der Waals surface area contributed by atoms with Gasteiger partial charge in [0.1, 0.15) is 5.69 Å². The van der Waals surface area contributed by atoms with Crippen LogP contribution >= 0.6 is 0 Å². The van der Waals surface area contributed by atoms with Crippen molar-refractivity contribution in [2.24, 2.45) is 5.92 Å². The number of hydrogen-bond acceptors (Lipinski definition) is 2. The Hall–Kier alpha value is -1.66. The predicted octanol–water partition coefficient (Wildman–Crippen LogP) is 3.07. The lowest BCUT2D eigenvalue weighted by Crippen LogP contribution is -2.47. The number of aromatic nitrogens is 1. The van der Waals surface area contributed by atoms with Gasteiger partial charge in [-0.15, -0.1) is 0 Å². The zero-order valence-corrected chi connectivity index (χ0v) is 10.6. The van der Waals surface area contributed by atoms with E-state index in [1.165, 1.54) is 12.1 Å². The van der Waals surface area contributed by atoms with Crippen LogP contribution in [0.4, 0.5) is 17.6 Å². The molecule has 110 valence electrons. The summed E-state index contributed by atoms with van der Waals surface area (Å²) < 4.78 is 51.5. The fourth-order valence-electron chi connectivity index (χ4n) is 2.47. The lowest BCUT2D eigenvalue weighted by atomic mass is 9.84. The molecule has 0 spiro atoms. The quantitative estimate of drug-likeness (QED) is 0.672. The van der Waals surface area contributed by atoms with Gasteiger partial charge in [-0.1, -0.05) is 18.9 Å². The summed E-state index contributed by atoms with van der Waals surface area (Å²) >= 11 is 0. The third-order valence-electron chi connectivity index (χ3n) is 3.45. The Morgan fingerprint density at radius 2 is 1.95 bits per heavy atom. The molecule has 1 aliphatic rings. The fourth-order valence-corrected chi connectivity index (χ4v) is 2.47. The molecule has 0 bridgehead atoms. The van der Waals surface area contributed by atoms with Crippen molar-refractivity contribution in [2.75, 3.05) is 0 Å². The Labute approximate surface area is 113 Å². The van der Waals surface area contributed by atoms with Gasteiger partial charge in [0.05, 0.1) is 5.92 Å². The molecule has 1 saturated carbocycles. The van der Waals surface area contributed by atoms with Gasteiger partial charge in [0.15, 0.2) is 0 Å². The van der Waals surface area contributed by atoms with Crippen LogP contribution in [0.3, 0.4) is 0 Å². The molecule has 2 rings (SSSR count). The maximum absolute atomic E-state index is 12.9. The Morgan fingerprint density at radius 1 is 1.25 bits per heavy atom. The summed E-state index contributed by atoms with van der Waals surface area (Å²) in [4.78, 5) is 15.2. The molecule has 1 aliphatic carbocycles. The summed E-state index contributed by atoms with van der Waals surface area (Å²) in [5.74, 6) is -3.16. The number of hydrogen-bond donors (Lipinski definition) is 1. The van der Waals surface area contributed by atoms with Crippen molar-refractivity contribution in [2.45, 2.75) is 37.9 Å². The monoisotopic (exact) mass is 290 g/mol. The van der Waals surface area contributed by atoms with Gasteiger partial charge in [-0.3, -0.25) is 4.79 Å². The third-order valence-corrected chi connectivity index (χ3v) is 3.45. The highest BCUT2D eigenvalue weighted by molar-refractivity contribution is 5.92. The van der Waals surface area contributed by atoms with Crippen LogP contribution < -0.4 is 5.32 Å². The second-order valence-electron chi connectivity index (χ2n) is 4.86. The molecule has 0 saturated heterocycles. The highest BCUT2D eigenvalue weighted by Crippen LogP contribution is 2.37. The zero-order valence-electron chi connectivity index (χ0n) is 10.6. The van der Waals surface area contributed by atoms with Crippen molar-refractivity contribution < 1.29 is 22.4 Å². The largest absolute Gasteiger partial charge is 0.393 e. The number of carbonyl (C=O) groups is 1. The summed E-state index contributed by atoms with van der Waals surface area (Å²) in [6.07, 6.45) is -2.94. The standard InChI is InChI=1S/C13H14F4N2O/c14-11-7-3-6-10(18-11)12(20)19-9-5-2-1-4-8(9)13(15,16)17/h3,6-9H,1-2,4-5H2,(H,19,20). The third kappa shape index (κ3) is 3.46. The number of amides is 1. The number of nitrogens with one attached hydrogen (secondary N) is 1. The molecule has 2 unspecified atom stereocenters. The first-order valence-corrected chi connectivity index (χ1v) is 6.38. The molecule has 1 heterocycles. The average Bonchev–Trinajstić information content (AvgIpc) is 2.38. The van der Waals surface area contributed by atoms with E-state index in [-0.39, 0.29) is 18.5 Å². The Kier molecular flexibility index (Phi) is 4.25. The Balaban J connectivity index is 2.09. The van der Waals surface area contributed by atoms with Crippen LogP contribution in [0.15, 0.2) is 18.2 Å². The first kappa shape index (κ1) is 14.7. The SMILES string of the molecule is O=C(NC1CCCCC1C(F)(F)F)c1cccc(F)n1. The first-order valence-electron chi connectivity index (χ1n) is 6.38. The Bertz CT molecular complexity index is 490. The van der Waals surface area contributed by atoms with Crippen LogP contribution in [-0.4, -0.2) is 23.1 Å². The molecule has 0 aliphatic heterocycles. The molecule has 7 heteroatoms. The molecule has 0 aromatic carbocycles. The van der Waals surface area contributed by atoms with E-state index in [2.05, 4.69) is 10.3 Å². The van der Waals surface area contributed by atoms with Crippen LogP contribution in [0.25, 0.3) is 0 Å². The molecule has 1 N–H and O–H groups in total. The number of nitrogens with zero attached hydrogens (tertiary/aromatic N) is 1. The van der Waals surface area contributed by atoms with Crippen molar-refractivity contribution in [3.05, 3.63) is 29.8 Å². The van der Waals surface area contributed by atoms with E-state index in [1.807, 2.05) is 0 Å². The van der Waals surface area contributed by atoms with Crippen molar-refractivity contribution in [3.8, 4) is 0 Å². The van der Waals surface area contributed by atoms with E-state index in [9.17, 15) is 22.4 Å². The van der Waals surface area contributed by atoms with Crippen LogP contribution in [0.2, 0.25) is 0 Å².